The van der Waals surface area contributed by atoms with E-state index in [0.717, 1.165) is 40.1 Å². The minimum atomic E-state index is -0.00832. The molecule has 3 aromatic carbocycles. The summed E-state index contributed by atoms with van der Waals surface area (Å²) in [6.45, 7) is 7.18. The Morgan fingerprint density at radius 1 is 0.878 bits per heavy atom. The number of piperazine rings is 1. The van der Waals surface area contributed by atoms with Crippen LogP contribution in [0.4, 0.5) is 5.69 Å². The molecule has 1 aliphatic heterocycles. The fourth-order valence-corrected chi connectivity index (χ4v) is 7.00. The molecule has 208 valence electrons. The molecule has 10 heteroatoms. The van der Waals surface area contributed by atoms with Crippen molar-refractivity contribution in [3.63, 3.8) is 0 Å². The summed E-state index contributed by atoms with van der Waals surface area (Å²) in [7, 11) is 0. The number of amides is 1. The summed E-state index contributed by atoms with van der Waals surface area (Å²) in [5, 5.41) is 13.2. The molecule has 7 nitrogen and oxygen atoms in total. The van der Waals surface area contributed by atoms with Crippen LogP contribution in [-0.4, -0.2) is 56.7 Å². The Bertz CT molecular complexity index is 1690. The van der Waals surface area contributed by atoms with Gasteiger partial charge in [-0.3, -0.25) is 9.36 Å². The van der Waals surface area contributed by atoms with Crippen LogP contribution < -0.4 is 4.90 Å². The van der Waals surface area contributed by atoms with Gasteiger partial charge in [-0.25, -0.2) is 4.98 Å². The van der Waals surface area contributed by atoms with Gasteiger partial charge in [0.1, 0.15) is 10.7 Å². The van der Waals surface area contributed by atoms with Gasteiger partial charge in [0.2, 0.25) is 0 Å². The smallest absolute Gasteiger partial charge is 0.273 e. The number of nitrogens with zero attached hydrogens (tertiary/aromatic N) is 6. The van der Waals surface area contributed by atoms with E-state index in [4.69, 9.17) is 16.6 Å². The van der Waals surface area contributed by atoms with Gasteiger partial charge in [0.15, 0.2) is 11.0 Å². The molecule has 0 N–H and O–H groups in total. The van der Waals surface area contributed by atoms with Gasteiger partial charge in [0.05, 0.1) is 16.5 Å². The van der Waals surface area contributed by atoms with E-state index in [1.54, 1.807) is 11.8 Å². The average Bonchev–Trinajstić information content (AvgIpc) is 3.64. The molecule has 0 saturated carbocycles. The topological polar surface area (TPSA) is 67.2 Å². The number of thioether (sulfide) groups is 1. The molecule has 1 saturated heterocycles. The third kappa shape index (κ3) is 5.75. The van der Waals surface area contributed by atoms with Gasteiger partial charge in [-0.05, 0) is 49.2 Å². The number of carbonyl (C=O) groups excluding carboxylic acids is 1. The molecule has 6 rings (SSSR count). The van der Waals surface area contributed by atoms with Crippen LogP contribution in [0.1, 0.15) is 26.6 Å². The number of aryl methyl sites for hydroxylation is 2. The molecule has 2 aromatic heterocycles. The molecule has 0 aliphatic carbocycles. The van der Waals surface area contributed by atoms with Crippen molar-refractivity contribution in [1.29, 1.82) is 0 Å². The minimum absolute atomic E-state index is 0.00832. The summed E-state index contributed by atoms with van der Waals surface area (Å²) >= 11 is 9.60. The predicted molar refractivity (Wildman–Crippen MR) is 168 cm³/mol. The molecule has 0 spiro atoms. The van der Waals surface area contributed by atoms with Gasteiger partial charge in [0.25, 0.3) is 5.91 Å². The van der Waals surface area contributed by atoms with Crippen LogP contribution in [0.3, 0.4) is 0 Å². The number of thiazole rings is 1. The molecule has 1 aliphatic rings. The number of benzene rings is 3. The fraction of sp³-hybridized carbons (Fsp3) is 0.226. The first kappa shape index (κ1) is 27.5. The van der Waals surface area contributed by atoms with E-state index in [1.165, 1.54) is 22.6 Å². The quantitative estimate of drug-likeness (QED) is 0.189. The second kappa shape index (κ2) is 12.1. The van der Waals surface area contributed by atoms with Crippen LogP contribution in [0, 0.1) is 13.8 Å². The summed E-state index contributed by atoms with van der Waals surface area (Å²) in [6.07, 6.45) is 0. The average molecular weight is 601 g/mol. The Morgan fingerprint density at radius 2 is 1.54 bits per heavy atom. The van der Waals surface area contributed by atoms with Crippen molar-refractivity contribution in [2.75, 3.05) is 31.1 Å². The molecular formula is C31H29ClN6OS2. The zero-order chi connectivity index (χ0) is 28.3. The third-order valence-corrected chi connectivity index (χ3v) is 9.52. The molecule has 0 unspecified atom stereocenters. The van der Waals surface area contributed by atoms with Crippen LogP contribution in [0.15, 0.2) is 83.3 Å². The standard InChI is InChI=1S/C31H29ClN6OS2/c1-21-9-3-7-13-26(21)36-15-17-37(18-16-36)30(39)25-19-40-28(33-25)20-41-31-35-34-29(23-11-5-6-12-24(23)32)38(31)27-14-8-4-10-22(27)2/h3-14,19H,15-18,20H2,1-2H3. The number of hydrogen-bond acceptors (Lipinski definition) is 7. The van der Waals surface area contributed by atoms with E-state index >= 15 is 0 Å². The molecule has 1 amide bonds. The van der Waals surface area contributed by atoms with E-state index in [-0.39, 0.29) is 5.91 Å². The molecular weight excluding hydrogens is 572 g/mol. The maximum atomic E-state index is 13.3. The predicted octanol–water partition coefficient (Wildman–Crippen LogP) is 6.92. The second-order valence-corrected chi connectivity index (χ2v) is 12.2. The summed E-state index contributed by atoms with van der Waals surface area (Å²) < 4.78 is 2.05. The highest BCUT2D eigenvalue weighted by molar-refractivity contribution is 7.98. The van der Waals surface area contributed by atoms with E-state index < -0.39 is 0 Å². The highest BCUT2D eigenvalue weighted by Gasteiger charge is 2.25. The van der Waals surface area contributed by atoms with Crippen LogP contribution in [0.5, 0.6) is 0 Å². The third-order valence-electron chi connectivity index (χ3n) is 7.22. The summed E-state index contributed by atoms with van der Waals surface area (Å²) in [5.74, 6) is 1.25. The number of aromatic nitrogens is 4. The summed E-state index contributed by atoms with van der Waals surface area (Å²) in [5.41, 5.74) is 5.92. The number of anilines is 1. The first-order valence-corrected chi connectivity index (χ1v) is 15.7. The van der Waals surface area contributed by atoms with Crippen molar-refractivity contribution in [2.45, 2.75) is 24.8 Å². The van der Waals surface area contributed by atoms with Crippen molar-refractivity contribution in [3.8, 4) is 17.1 Å². The van der Waals surface area contributed by atoms with Crippen LogP contribution in [-0.2, 0) is 5.75 Å². The lowest BCUT2D eigenvalue weighted by atomic mass is 10.1. The summed E-state index contributed by atoms with van der Waals surface area (Å²) in [6, 6.07) is 24.2. The van der Waals surface area contributed by atoms with Crippen LogP contribution in [0.2, 0.25) is 5.02 Å². The molecule has 1 fully saturated rings. The molecule has 41 heavy (non-hydrogen) atoms. The van der Waals surface area contributed by atoms with Crippen LogP contribution in [0.25, 0.3) is 17.1 Å². The number of hydrogen-bond donors (Lipinski definition) is 0. The molecule has 0 atom stereocenters. The number of carbonyl (C=O) groups is 1. The SMILES string of the molecule is Cc1ccccc1N1CCN(C(=O)c2csc(CSc3nnc(-c4ccccc4Cl)n3-c3ccccc3C)n2)CC1. The van der Waals surface area contributed by atoms with Crippen molar-refractivity contribution >= 4 is 46.3 Å². The van der Waals surface area contributed by atoms with Gasteiger partial charge in [-0.2, -0.15) is 0 Å². The Hall–Kier alpha value is -3.66. The van der Waals surface area contributed by atoms with Crippen molar-refractivity contribution in [3.05, 3.63) is 105 Å². The highest BCUT2D eigenvalue weighted by Crippen LogP contribution is 2.34. The number of para-hydroxylation sites is 2. The van der Waals surface area contributed by atoms with E-state index in [9.17, 15) is 4.79 Å². The Labute approximate surface area is 252 Å². The maximum Gasteiger partial charge on any atom is 0.273 e. The highest BCUT2D eigenvalue weighted by atomic mass is 35.5. The lowest BCUT2D eigenvalue weighted by molar-refractivity contribution is 0.0741. The normalized spacial score (nSPS) is 13.5. The van der Waals surface area contributed by atoms with Gasteiger partial charge >= 0.3 is 0 Å². The van der Waals surface area contributed by atoms with Crippen molar-refractivity contribution in [1.82, 2.24) is 24.6 Å². The van der Waals surface area contributed by atoms with E-state index in [1.807, 2.05) is 46.7 Å². The lowest BCUT2D eigenvalue weighted by Gasteiger charge is -2.36. The number of halogens is 1. The maximum absolute atomic E-state index is 13.3. The first-order valence-electron chi connectivity index (χ1n) is 13.4. The molecule has 3 heterocycles. The Kier molecular flexibility index (Phi) is 8.09. The van der Waals surface area contributed by atoms with Gasteiger partial charge < -0.3 is 9.80 Å². The fourth-order valence-electron chi connectivity index (χ4n) is 5.04. The van der Waals surface area contributed by atoms with Crippen LogP contribution >= 0.6 is 34.7 Å². The Balaban J connectivity index is 1.16. The second-order valence-electron chi connectivity index (χ2n) is 9.89. The molecule has 0 radical (unpaired) electrons. The van der Waals surface area contributed by atoms with E-state index in [0.29, 0.717) is 35.4 Å². The van der Waals surface area contributed by atoms with Gasteiger partial charge in [-0.15, -0.1) is 21.5 Å². The molecule has 0 bridgehead atoms. The van der Waals surface area contributed by atoms with E-state index in [2.05, 4.69) is 69.9 Å². The zero-order valence-electron chi connectivity index (χ0n) is 22.8. The first-order chi connectivity index (χ1) is 20.0. The Morgan fingerprint density at radius 3 is 2.24 bits per heavy atom. The summed E-state index contributed by atoms with van der Waals surface area (Å²) in [4.78, 5) is 22.2. The van der Waals surface area contributed by atoms with Gasteiger partial charge in [0, 0.05) is 42.8 Å². The lowest BCUT2D eigenvalue weighted by Crippen LogP contribution is -2.49. The largest absolute Gasteiger partial charge is 0.368 e. The number of rotatable bonds is 7. The monoisotopic (exact) mass is 600 g/mol. The van der Waals surface area contributed by atoms with Crippen molar-refractivity contribution in [2.24, 2.45) is 0 Å². The molecule has 5 aromatic rings. The zero-order valence-corrected chi connectivity index (χ0v) is 25.2. The minimum Gasteiger partial charge on any atom is -0.368 e. The van der Waals surface area contributed by atoms with Crippen molar-refractivity contribution < 1.29 is 4.79 Å². The van der Waals surface area contributed by atoms with Gasteiger partial charge in [-0.1, -0.05) is 71.9 Å².